The smallest absolute Gasteiger partial charge is 0.258 e. The zero-order valence-corrected chi connectivity index (χ0v) is 8.93. The van der Waals surface area contributed by atoms with E-state index in [4.69, 9.17) is 0 Å². The van der Waals surface area contributed by atoms with E-state index in [1.54, 1.807) is 18.2 Å². The molecule has 0 fully saturated rings. The lowest BCUT2D eigenvalue weighted by atomic mass is 10.2. The number of imide groups is 1. The number of carbonyl (C=O) groups is 2. The standard InChI is InChI=1S/C13H13NO2/c1-3-5-6-7-8-11(4-2)14-12(15)9-10-13(14)16/h3-6,8-10H,1-2,7H2/b6-5-,11-8+. The largest absolute Gasteiger partial charge is 0.269 e. The summed E-state index contributed by atoms with van der Waals surface area (Å²) in [5.74, 6) is -0.660. The van der Waals surface area contributed by atoms with E-state index in [0.717, 1.165) is 4.90 Å². The number of amides is 2. The summed E-state index contributed by atoms with van der Waals surface area (Å²) in [6, 6.07) is 0. The van der Waals surface area contributed by atoms with Crippen LogP contribution in [-0.2, 0) is 9.59 Å². The molecule has 3 nitrogen and oxygen atoms in total. The molecule has 0 bridgehead atoms. The number of allylic oxidation sites excluding steroid dienone is 5. The second-order valence-corrected chi connectivity index (χ2v) is 3.08. The van der Waals surface area contributed by atoms with Crippen molar-refractivity contribution in [1.29, 1.82) is 0 Å². The lowest BCUT2D eigenvalue weighted by molar-refractivity contribution is -0.134. The third kappa shape index (κ3) is 2.67. The van der Waals surface area contributed by atoms with Crippen LogP contribution in [0.15, 0.2) is 61.4 Å². The third-order valence-electron chi connectivity index (χ3n) is 2.01. The van der Waals surface area contributed by atoms with E-state index in [2.05, 4.69) is 13.2 Å². The fourth-order valence-electron chi connectivity index (χ4n) is 1.28. The molecular formula is C13H13NO2. The third-order valence-corrected chi connectivity index (χ3v) is 2.01. The highest BCUT2D eigenvalue weighted by Gasteiger charge is 2.24. The van der Waals surface area contributed by atoms with Crippen LogP contribution < -0.4 is 0 Å². The average molecular weight is 215 g/mol. The molecule has 0 saturated heterocycles. The highest BCUT2D eigenvalue weighted by Crippen LogP contribution is 2.14. The Morgan fingerprint density at radius 1 is 1.25 bits per heavy atom. The Hall–Kier alpha value is -2.16. The van der Waals surface area contributed by atoms with Crippen molar-refractivity contribution in [2.24, 2.45) is 0 Å². The molecule has 0 aromatic rings. The summed E-state index contributed by atoms with van der Waals surface area (Å²) in [7, 11) is 0. The Balaban J connectivity index is 2.78. The first-order chi connectivity index (χ1) is 7.70. The predicted molar refractivity (Wildman–Crippen MR) is 63.2 cm³/mol. The van der Waals surface area contributed by atoms with Gasteiger partial charge in [-0.25, -0.2) is 4.90 Å². The van der Waals surface area contributed by atoms with E-state index in [1.165, 1.54) is 18.2 Å². The van der Waals surface area contributed by atoms with E-state index in [9.17, 15) is 9.59 Å². The second kappa shape index (κ2) is 5.66. The van der Waals surface area contributed by atoms with Gasteiger partial charge in [0.25, 0.3) is 11.8 Å². The molecule has 0 atom stereocenters. The minimum Gasteiger partial charge on any atom is -0.269 e. The number of carbonyl (C=O) groups excluding carboxylic acids is 2. The molecule has 0 aromatic heterocycles. The van der Waals surface area contributed by atoms with Crippen LogP contribution in [-0.4, -0.2) is 16.7 Å². The summed E-state index contributed by atoms with van der Waals surface area (Å²) in [4.78, 5) is 23.8. The molecule has 1 aliphatic rings. The maximum Gasteiger partial charge on any atom is 0.258 e. The lowest BCUT2D eigenvalue weighted by Crippen LogP contribution is -2.28. The molecule has 82 valence electrons. The fraction of sp³-hybridized carbons (Fsp3) is 0.0769. The lowest BCUT2D eigenvalue weighted by Gasteiger charge is -2.14. The molecule has 2 amide bonds. The molecule has 1 rings (SSSR count). The van der Waals surface area contributed by atoms with Crippen molar-refractivity contribution in [1.82, 2.24) is 4.90 Å². The molecule has 3 heteroatoms. The van der Waals surface area contributed by atoms with Crippen molar-refractivity contribution in [3.05, 3.63) is 61.4 Å². The van der Waals surface area contributed by atoms with Gasteiger partial charge in [0, 0.05) is 17.8 Å². The predicted octanol–water partition coefficient (Wildman–Crippen LogP) is 2.11. The van der Waals surface area contributed by atoms with Gasteiger partial charge in [0.2, 0.25) is 0 Å². The van der Waals surface area contributed by atoms with Crippen LogP contribution in [0.1, 0.15) is 6.42 Å². The zero-order valence-electron chi connectivity index (χ0n) is 8.93. The van der Waals surface area contributed by atoms with Crippen LogP contribution in [0.4, 0.5) is 0 Å². The van der Waals surface area contributed by atoms with E-state index in [0.29, 0.717) is 12.1 Å². The van der Waals surface area contributed by atoms with E-state index >= 15 is 0 Å². The number of hydrogen-bond acceptors (Lipinski definition) is 2. The minimum absolute atomic E-state index is 0.330. The van der Waals surface area contributed by atoms with Gasteiger partial charge in [0.05, 0.1) is 0 Å². The van der Waals surface area contributed by atoms with Crippen LogP contribution in [0.2, 0.25) is 0 Å². The van der Waals surface area contributed by atoms with Crippen molar-refractivity contribution < 1.29 is 9.59 Å². The van der Waals surface area contributed by atoms with Crippen molar-refractivity contribution in [2.75, 3.05) is 0 Å². The molecule has 0 spiro atoms. The molecule has 0 radical (unpaired) electrons. The van der Waals surface area contributed by atoms with E-state index in [-0.39, 0.29) is 11.8 Å². The zero-order chi connectivity index (χ0) is 12.0. The Bertz CT molecular complexity index is 396. The number of hydrogen-bond donors (Lipinski definition) is 0. The molecule has 1 heterocycles. The van der Waals surface area contributed by atoms with Crippen LogP contribution in [0.3, 0.4) is 0 Å². The van der Waals surface area contributed by atoms with Gasteiger partial charge < -0.3 is 0 Å². The maximum atomic E-state index is 11.4. The van der Waals surface area contributed by atoms with Crippen LogP contribution in [0.5, 0.6) is 0 Å². The van der Waals surface area contributed by atoms with Gasteiger partial charge in [-0.05, 0) is 12.5 Å². The molecule has 0 N–H and O–H groups in total. The fourth-order valence-corrected chi connectivity index (χ4v) is 1.28. The molecule has 0 aliphatic carbocycles. The van der Waals surface area contributed by atoms with Gasteiger partial charge >= 0.3 is 0 Å². The Kier molecular flexibility index (Phi) is 4.21. The SMILES string of the molecule is C=C/C=C\C/C=C(\C=C)N1C(=O)C=CC1=O. The first-order valence-corrected chi connectivity index (χ1v) is 4.87. The van der Waals surface area contributed by atoms with Gasteiger partial charge in [-0.15, -0.1) is 0 Å². The quantitative estimate of drug-likeness (QED) is 0.520. The Labute approximate surface area is 94.7 Å². The summed E-state index contributed by atoms with van der Waals surface area (Å²) in [6.07, 6.45) is 11.7. The number of nitrogens with zero attached hydrogens (tertiary/aromatic N) is 1. The average Bonchev–Trinajstić information content (AvgIpc) is 2.60. The normalized spacial score (nSPS) is 16.2. The highest BCUT2D eigenvalue weighted by atomic mass is 16.2. The van der Waals surface area contributed by atoms with Gasteiger partial charge in [0.15, 0.2) is 0 Å². The van der Waals surface area contributed by atoms with Crippen LogP contribution in [0, 0.1) is 0 Å². The Morgan fingerprint density at radius 2 is 1.88 bits per heavy atom. The first kappa shape index (κ1) is 11.9. The van der Waals surface area contributed by atoms with E-state index in [1.807, 2.05) is 6.08 Å². The van der Waals surface area contributed by atoms with Gasteiger partial charge in [-0.1, -0.05) is 37.5 Å². The summed E-state index contributed by atoms with van der Waals surface area (Å²) >= 11 is 0. The van der Waals surface area contributed by atoms with Gasteiger partial charge in [-0.2, -0.15) is 0 Å². The highest BCUT2D eigenvalue weighted by molar-refractivity contribution is 6.14. The van der Waals surface area contributed by atoms with Crippen LogP contribution in [0.25, 0.3) is 0 Å². The van der Waals surface area contributed by atoms with Gasteiger partial charge in [-0.3, -0.25) is 9.59 Å². The molecular weight excluding hydrogens is 202 g/mol. The topological polar surface area (TPSA) is 37.4 Å². The molecule has 16 heavy (non-hydrogen) atoms. The van der Waals surface area contributed by atoms with Gasteiger partial charge in [0.1, 0.15) is 0 Å². The van der Waals surface area contributed by atoms with Crippen molar-refractivity contribution in [2.45, 2.75) is 6.42 Å². The first-order valence-electron chi connectivity index (χ1n) is 4.87. The molecule has 0 unspecified atom stereocenters. The summed E-state index contributed by atoms with van der Waals surface area (Å²) in [5.41, 5.74) is 0.508. The monoisotopic (exact) mass is 215 g/mol. The summed E-state index contributed by atoms with van der Waals surface area (Å²) < 4.78 is 0. The van der Waals surface area contributed by atoms with Crippen molar-refractivity contribution in [3.63, 3.8) is 0 Å². The number of rotatable bonds is 5. The van der Waals surface area contributed by atoms with Crippen molar-refractivity contribution >= 4 is 11.8 Å². The molecule has 1 aliphatic heterocycles. The maximum absolute atomic E-state index is 11.4. The summed E-state index contributed by atoms with van der Waals surface area (Å²) in [6.45, 7) is 7.13. The molecule has 0 aromatic carbocycles. The summed E-state index contributed by atoms with van der Waals surface area (Å²) in [5, 5.41) is 0. The second-order valence-electron chi connectivity index (χ2n) is 3.08. The van der Waals surface area contributed by atoms with Crippen LogP contribution >= 0.6 is 0 Å². The Morgan fingerprint density at radius 3 is 2.38 bits per heavy atom. The van der Waals surface area contributed by atoms with E-state index < -0.39 is 0 Å². The minimum atomic E-state index is -0.330. The van der Waals surface area contributed by atoms with Crippen molar-refractivity contribution in [3.8, 4) is 0 Å². The molecule has 0 saturated carbocycles.